The van der Waals surface area contributed by atoms with Crippen molar-refractivity contribution in [3.05, 3.63) is 153 Å². The normalized spacial score (nSPS) is 15.2. The zero-order valence-corrected chi connectivity index (χ0v) is 61.9. The summed E-state index contributed by atoms with van der Waals surface area (Å²) in [5.41, 5.74) is 3.51. The second-order valence-corrected chi connectivity index (χ2v) is 28.4. The van der Waals surface area contributed by atoms with Crippen LogP contribution < -0.4 is 21.0 Å². The number of carboxylic acids is 1. The number of aromatic nitrogens is 7. The number of hydrogen-bond acceptors (Lipinski definition) is 20. The number of esters is 3. The lowest BCUT2D eigenvalue weighted by molar-refractivity contribution is -0.148. The number of sulfone groups is 1. The Kier molecular flexibility index (Phi) is 26.5. The zero-order valence-electron chi connectivity index (χ0n) is 58.0. The van der Waals surface area contributed by atoms with Crippen LogP contribution in [0.4, 0.5) is 18.9 Å². The number of oxime groups is 1. The molecule has 2 unspecified atom stereocenters. The van der Waals surface area contributed by atoms with Crippen LogP contribution in [0.25, 0.3) is 16.8 Å². The maximum absolute atomic E-state index is 14.1. The lowest BCUT2D eigenvalue weighted by Crippen LogP contribution is -2.48. The van der Waals surface area contributed by atoms with Gasteiger partial charge in [-0.25, -0.2) is 50.8 Å². The Balaban J connectivity index is 0.000000191. The highest BCUT2D eigenvalue weighted by molar-refractivity contribution is 7.90. The maximum atomic E-state index is 14.1. The number of alkyl halides is 3. The number of carboxylic acid groups (broad SMARTS) is 1. The number of benzene rings is 4. The van der Waals surface area contributed by atoms with Gasteiger partial charge in [0.05, 0.1) is 72.4 Å². The number of halogens is 7. The molecule has 102 heavy (non-hydrogen) atoms. The van der Waals surface area contributed by atoms with Crippen molar-refractivity contribution in [3.8, 4) is 28.6 Å². The molecule has 0 fully saturated rings. The summed E-state index contributed by atoms with van der Waals surface area (Å²) in [4.78, 5) is 91.5. The number of anilines is 1. The fourth-order valence-corrected chi connectivity index (χ4v) is 12.9. The molecule has 0 radical (unpaired) electrons. The van der Waals surface area contributed by atoms with Crippen LogP contribution in [-0.4, -0.2) is 143 Å². The van der Waals surface area contributed by atoms with Gasteiger partial charge in [-0.1, -0.05) is 71.5 Å². The van der Waals surface area contributed by atoms with Gasteiger partial charge in [-0.3, -0.25) is 19.2 Å². The molecule has 4 aromatic carbocycles. The number of rotatable bonds is 18. The average molecular weight is 1520 g/mol. The number of aromatic hydroxyl groups is 1. The van der Waals surface area contributed by atoms with E-state index in [1.165, 1.54) is 40.6 Å². The molecule has 0 aliphatic carbocycles. The summed E-state index contributed by atoms with van der Waals surface area (Å²) in [6.07, 6.45) is 4.23. The van der Waals surface area contributed by atoms with Crippen LogP contribution >= 0.6 is 46.4 Å². The van der Waals surface area contributed by atoms with Gasteiger partial charge in [0, 0.05) is 53.7 Å². The zero-order chi connectivity index (χ0) is 75.8. The molecule has 3 aliphatic heterocycles. The van der Waals surface area contributed by atoms with Crippen molar-refractivity contribution in [2.45, 2.75) is 144 Å². The highest BCUT2D eigenvalue weighted by atomic mass is 35.5. The van der Waals surface area contributed by atoms with E-state index in [1.807, 2.05) is 20.8 Å². The number of ketones is 1. The quantitative estimate of drug-likeness (QED) is 0.0458. The van der Waals surface area contributed by atoms with Crippen LogP contribution in [0, 0.1) is 32.0 Å². The van der Waals surface area contributed by atoms with Gasteiger partial charge in [0.2, 0.25) is 11.8 Å². The summed E-state index contributed by atoms with van der Waals surface area (Å²) >= 11 is 23.6. The number of carbonyl (C=O) groups is 5. The van der Waals surface area contributed by atoms with Crippen molar-refractivity contribution in [2.75, 3.05) is 44.3 Å². The third-order valence-electron chi connectivity index (χ3n) is 16.2. The Morgan fingerprint density at radius 3 is 1.98 bits per heavy atom. The molecule has 0 spiro atoms. The minimum atomic E-state index is -3.52. The third-order valence-corrected chi connectivity index (χ3v) is 18.6. The van der Waals surface area contributed by atoms with Gasteiger partial charge in [-0.2, -0.15) is 23.7 Å². The fourth-order valence-electron chi connectivity index (χ4n) is 11.1. The first-order valence-electron chi connectivity index (χ1n) is 31.9. The summed E-state index contributed by atoms with van der Waals surface area (Å²) in [7, 11) is -2.00. The van der Waals surface area contributed by atoms with Gasteiger partial charge in [-0.05, 0) is 145 Å². The fraction of sp³-hybridized carbons (Fsp3) is 0.426. The van der Waals surface area contributed by atoms with Crippen molar-refractivity contribution in [1.29, 1.82) is 0 Å². The van der Waals surface area contributed by atoms with Crippen LogP contribution in [-0.2, 0) is 87.5 Å². The minimum absolute atomic E-state index is 0.0493. The Morgan fingerprint density at radius 2 is 1.45 bits per heavy atom. The molecule has 0 amide bonds. The summed E-state index contributed by atoms with van der Waals surface area (Å²) in [6.45, 7) is 19.1. The van der Waals surface area contributed by atoms with E-state index in [0.29, 0.717) is 88.0 Å². The first-order chi connectivity index (χ1) is 47.9. The first-order valence-corrected chi connectivity index (χ1v) is 35.4. The topological polar surface area (TPSA) is 319 Å². The Bertz CT molecular complexity index is 4670. The number of hydrazone groups is 1. The molecule has 34 heteroatoms. The Labute approximate surface area is 604 Å². The lowest BCUT2D eigenvalue weighted by atomic mass is 9.91. The van der Waals surface area contributed by atoms with E-state index in [9.17, 15) is 60.3 Å². The number of carbonyl (C=O) groups excluding carboxylic acids is 4. The SMILES string of the molecule is CCOC(=O)C1=NN(c2ccc(Cl)cc2Cl)C(C)(C(=O)OCC)C1.CCc1cc(C)cc(CC)c1-c1c(OC(=O)C(C)(C)C)n2n(c1=O)CCOCC2.Cc1c(C(=O)c2cnn(C)c2O)ccc(S(C)(=O)=O)c1C1=NOCC1.Cc1nn(-c2cc(CC(Cl)C(=O)O)c(Cl)cc2F)c(=O)n1C(F)F. The molecule has 2 N–H and O–H groups in total. The van der Waals surface area contributed by atoms with Crippen LogP contribution in [0.1, 0.15) is 130 Å². The molecule has 3 aromatic heterocycles. The van der Waals surface area contributed by atoms with Crippen molar-refractivity contribution < 1.29 is 79.6 Å². The van der Waals surface area contributed by atoms with E-state index in [-0.39, 0.29) is 86.2 Å². The minimum Gasteiger partial charge on any atom is -0.493 e. The molecular weight excluding hydrogens is 1440 g/mol. The number of aryl methyl sites for hydroxylation is 5. The van der Waals surface area contributed by atoms with Gasteiger partial charge in [0.1, 0.15) is 40.3 Å². The Hall–Kier alpha value is -8.81. The van der Waals surface area contributed by atoms with Crippen LogP contribution in [0.3, 0.4) is 0 Å². The van der Waals surface area contributed by atoms with E-state index in [0.717, 1.165) is 54.8 Å². The molecule has 2 atom stereocenters. The largest absolute Gasteiger partial charge is 0.493 e. The highest BCUT2D eigenvalue weighted by Gasteiger charge is 2.50. The number of hydrogen-bond donors (Lipinski definition) is 2. The number of fused-ring (bicyclic) bond motifs is 1. The van der Waals surface area contributed by atoms with Crippen molar-refractivity contribution in [1.82, 2.24) is 33.5 Å². The van der Waals surface area contributed by atoms with Crippen LogP contribution in [0.15, 0.2) is 85.5 Å². The number of nitrogens with zero attached hydrogens (tertiary/aromatic N) is 10. The van der Waals surface area contributed by atoms with Crippen molar-refractivity contribution in [3.63, 3.8) is 0 Å². The molecule has 7 aromatic rings. The summed E-state index contributed by atoms with van der Waals surface area (Å²) < 4.78 is 90.8. The molecule has 0 bridgehead atoms. The standard InChI is InChI=1S/C23H32N2O4.C16H18Cl2N2O4.C16H17N3O5S.C13H10Cl2F3N3O3/c1-7-16-13-15(3)14-17(8-2)18(16)19-20(26)24-9-11-28-12-10-25(24)21(19)29-22(27)23(4,5)6;1-4-23-14(21)12-9-16(3,15(22)24-5-2)20(19-12)13-7-6-10(17)8-11(13)18;1-9-10(15(20)11-8-17-19(2)16(11)21)4-5-13(25(3,22)23)14(9)12-6-7-24-18-12;1-5-19-21(13(24)20(5)12(17)18)10-3-6(2-8(15)11(22)23)7(14)4-9(10)16/h13-14H,7-12H2,1-6H3;6-8H,4-5,9H2,1-3H3;4-5,8,21H,6-7H2,1-3H3;3-4,8,12H,2H2,1H3,(H,22,23). The maximum Gasteiger partial charge on any atom is 0.355 e. The number of aliphatic carboxylic acids is 1. The van der Waals surface area contributed by atoms with Crippen LogP contribution in [0.2, 0.25) is 15.1 Å². The summed E-state index contributed by atoms with van der Waals surface area (Å²) in [5, 5.41) is 35.1. The molecule has 6 heterocycles. The van der Waals surface area contributed by atoms with E-state index in [4.69, 9.17) is 75.3 Å². The van der Waals surface area contributed by atoms with Crippen molar-refractivity contribution in [2.24, 2.45) is 22.7 Å². The highest BCUT2D eigenvalue weighted by Crippen LogP contribution is 2.41. The van der Waals surface area contributed by atoms with Crippen molar-refractivity contribution >= 4 is 103 Å². The number of ether oxygens (including phenoxy) is 4. The molecule has 3 aliphatic rings. The predicted molar refractivity (Wildman–Crippen MR) is 376 cm³/mol. The van der Waals surface area contributed by atoms with E-state index >= 15 is 0 Å². The van der Waals surface area contributed by atoms with Gasteiger partial charge in [-0.15, -0.1) is 16.7 Å². The van der Waals surface area contributed by atoms with Gasteiger partial charge < -0.3 is 34.0 Å². The lowest BCUT2D eigenvalue weighted by Gasteiger charge is -2.32. The van der Waals surface area contributed by atoms with Gasteiger partial charge >= 0.3 is 36.1 Å². The molecule has 10 rings (SSSR count). The average Bonchev–Trinajstić information content (AvgIpc) is 1.59. The molecule has 26 nitrogen and oxygen atoms in total. The molecule has 0 saturated heterocycles. The second-order valence-electron chi connectivity index (χ2n) is 24.6. The predicted octanol–water partition coefficient (Wildman–Crippen LogP) is 11.1. The second kappa shape index (κ2) is 33.5. The molecule has 550 valence electrons. The summed E-state index contributed by atoms with van der Waals surface area (Å²) in [5.74, 6) is -4.38. The van der Waals surface area contributed by atoms with E-state index < -0.39 is 73.6 Å². The Morgan fingerprint density at radius 1 is 0.814 bits per heavy atom. The smallest absolute Gasteiger partial charge is 0.355 e. The van der Waals surface area contributed by atoms with Crippen LogP contribution in [0.5, 0.6) is 11.8 Å². The van der Waals surface area contributed by atoms with E-state index in [1.54, 1.807) is 55.3 Å². The molecular formula is C68H77Cl4F3N10O16S. The first kappa shape index (κ1) is 80.5. The monoisotopic (exact) mass is 1520 g/mol. The third kappa shape index (κ3) is 17.8. The molecule has 0 saturated carbocycles. The summed E-state index contributed by atoms with van der Waals surface area (Å²) in [6, 6.07) is 13.8. The van der Waals surface area contributed by atoms with E-state index in [2.05, 4.69) is 53.4 Å². The van der Waals surface area contributed by atoms with Gasteiger partial charge in [0.15, 0.2) is 27.0 Å². The van der Waals surface area contributed by atoms with Gasteiger partial charge in [0.25, 0.3) is 5.56 Å².